The minimum atomic E-state index is -0.360. The Bertz CT molecular complexity index is 385. The van der Waals surface area contributed by atoms with Crippen LogP contribution in [0.5, 0.6) is 0 Å². The molecule has 0 aliphatic rings. The fourth-order valence-electron chi connectivity index (χ4n) is 1.47. The first-order valence-corrected chi connectivity index (χ1v) is 6.25. The van der Waals surface area contributed by atoms with Gasteiger partial charge in [0.15, 0.2) is 0 Å². The molecular weight excluding hydrogens is 287 g/mol. The van der Waals surface area contributed by atoms with Crippen LogP contribution >= 0.6 is 15.9 Å². The lowest BCUT2D eigenvalue weighted by Crippen LogP contribution is -2.30. The largest absolute Gasteiger partial charge is 0.397 e. The predicted molar refractivity (Wildman–Crippen MR) is 72.6 cm³/mol. The van der Waals surface area contributed by atoms with Crippen LogP contribution in [0, 0.1) is 11.7 Å². The molecule has 96 valence electrons. The van der Waals surface area contributed by atoms with E-state index in [0.717, 1.165) is 0 Å². The summed E-state index contributed by atoms with van der Waals surface area (Å²) in [4.78, 5) is 0. The fourth-order valence-corrected chi connectivity index (χ4v) is 1.81. The monoisotopic (exact) mass is 304 g/mol. The minimum Gasteiger partial charge on any atom is -0.397 e. The number of nitrogen functional groups attached to an aromatic ring is 1. The summed E-state index contributed by atoms with van der Waals surface area (Å²) < 4.78 is 18.8. The van der Waals surface area contributed by atoms with Crippen molar-refractivity contribution in [2.24, 2.45) is 5.92 Å². The lowest BCUT2D eigenvalue weighted by atomic mass is 10.0. The molecular formula is C12H18BrFN2O. The number of nitrogens with one attached hydrogen (secondary N) is 1. The number of hydrogen-bond acceptors (Lipinski definition) is 3. The Labute approximate surface area is 110 Å². The van der Waals surface area contributed by atoms with E-state index in [9.17, 15) is 4.39 Å². The molecule has 0 saturated carbocycles. The molecule has 0 aliphatic carbocycles. The zero-order valence-corrected chi connectivity index (χ0v) is 11.8. The van der Waals surface area contributed by atoms with Gasteiger partial charge in [-0.25, -0.2) is 4.39 Å². The standard InChI is InChI=1S/C12H18BrFN2O/c1-7(2)12(6-17-3)16-11-4-8(13)9(14)5-10(11)15/h4-5,7,12,16H,6,15H2,1-3H3. The number of rotatable bonds is 5. The van der Waals surface area contributed by atoms with Crippen LogP contribution in [-0.2, 0) is 4.74 Å². The van der Waals surface area contributed by atoms with E-state index in [4.69, 9.17) is 10.5 Å². The smallest absolute Gasteiger partial charge is 0.139 e. The lowest BCUT2D eigenvalue weighted by Gasteiger charge is -2.23. The van der Waals surface area contributed by atoms with Crippen molar-refractivity contribution in [1.82, 2.24) is 0 Å². The average Bonchev–Trinajstić information content (AvgIpc) is 2.24. The van der Waals surface area contributed by atoms with Crippen molar-refractivity contribution in [3.8, 4) is 0 Å². The third kappa shape index (κ3) is 3.85. The number of methoxy groups -OCH3 is 1. The van der Waals surface area contributed by atoms with Crippen LogP contribution in [0.4, 0.5) is 15.8 Å². The van der Waals surface area contributed by atoms with Crippen molar-refractivity contribution in [3.63, 3.8) is 0 Å². The molecule has 1 aromatic rings. The first kappa shape index (κ1) is 14.3. The van der Waals surface area contributed by atoms with Crippen molar-refractivity contribution in [2.75, 3.05) is 24.8 Å². The van der Waals surface area contributed by atoms with Gasteiger partial charge in [-0.2, -0.15) is 0 Å². The van der Waals surface area contributed by atoms with E-state index in [0.29, 0.717) is 28.4 Å². The van der Waals surface area contributed by atoms with Crippen molar-refractivity contribution in [1.29, 1.82) is 0 Å². The van der Waals surface area contributed by atoms with Gasteiger partial charge in [0.1, 0.15) is 5.82 Å². The van der Waals surface area contributed by atoms with Gasteiger partial charge in [-0.3, -0.25) is 0 Å². The first-order chi connectivity index (χ1) is 7.95. The molecule has 1 aromatic carbocycles. The van der Waals surface area contributed by atoms with Crippen LogP contribution in [0.15, 0.2) is 16.6 Å². The molecule has 1 rings (SSSR count). The van der Waals surface area contributed by atoms with Gasteiger partial charge >= 0.3 is 0 Å². The molecule has 0 heterocycles. The van der Waals surface area contributed by atoms with Gasteiger partial charge in [-0.1, -0.05) is 13.8 Å². The van der Waals surface area contributed by atoms with E-state index in [2.05, 4.69) is 35.1 Å². The lowest BCUT2D eigenvalue weighted by molar-refractivity contribution is 0.171. The molecule has 3 N–H and O–H groups in total. The maximum Gasteiger partial charge on any atom is 0.139 e. The number of anilines is 2. The van der Waals surface area contributed by atoms with Crippen molar-refractivity contribution in [2.45, 2.75) is 19.9 Å². The van der Waals surface area contributed by atoms with Crippen molar-refractivity contribution < 1.29 is 9.13 Å². The zero-order valence-electron chi connectivity index (χ0n) is 10.3. The number of benzene rings is 1. The maximum absolute atomic E-state index is 13.2. The summed E-state index contributed by atoms with van der Waals surface area (Å²) in [6.07, 6.45) is 0. The van der Waals surface area contributed by atoms with Crippen molar-refractivity contribution in [3.05, 3.63) is 22.4 Å². The molecule has 0 fully saturated rings. The second-order valence-corrected chi connectivity index (χ2v) is 5.16. The van der Waals surface area contributed by atoms with Crippen LogP contribution in [0.1, 0.15) is 13.8 Å². The molecule has 0 saturated heterocycles. The van der Waals surface area contributed by atoms with E-state index in [1.54, 1.807) is 13.2 Å². The molecule has 17 heavy (non-hydrogen) atoms. The molecule has 0 spiro atoms. The summed E-state index contributed by atoms with van der Waals surface area (Å²) in [6.45, 7) is 4.75. The van der Waals surface area contributed by atoms with Crippen LogP contribution in [-0.4, -0.2) is 19.8 Å². The average molecular weight is 305 g/mol. The van der Waals surface area contributed by atoms with Gasteiger partial charge in [0.25, 0.3) is 0 Å². The first-order valence-electron chi connectivity index (χ1n) is 5.45. The number of nitrogens with two attached hydrogens (primary N) is 1. The maximum atomic E-state index is 13.2. The third-order valence-corrected chi connectivity index (χ3v) is 3.19. The fraction of sp³-hybridized carbons (Fsp3) is 0.500. The van der Waals surface area contributed by atoms with Crippen LogP contribution in [0.25, 0.3) is 0 Å². The summed E-state index contributed by atoms with van der Waals surface area (Å²) in [5.74, 6) is 0.0269. The molecule has 1 unspecified atom stereocenters. The molecule has 0 aliphatic heterocycles. The summed E-state index contributed by atoms with van der Waals surface area (Å²) in [5.41, 5.74) is 6.88. The van der Waals surface area contributed by atoms with Gasteiger partial charge in [0.2, 0.25) is 0 Å². The SMILES string of the molecule is COCC(Nc1cc(Br)c(F)cc1N)C(C)C. The third-order valence-electron chi connectivity index (χ3n) is 2.58. The quantitative estimate of drug-likeness (QED) is 0.821. The van der Waals surface area contributed by atoms with Crippen molar-refractivity contribution >= 4 is 27.3 Å². The predicted octanol–water partition coefficient (Wildman–Crippen LogP) is 3.25. The highest BCUT2D eigenvalue weighted by Crippen LogP contribution is 2.27. The number of hydrogen-bond donors (Lipinski definition) is 2. The topological polar surface area (TPSA) is 47.3 Å². The molecule has 5 heteroatoms. The minimum absolute atomic E-state index is 0.139. The Hall–Kier alpha value is -0.810. The highest BCUT2D eigenvalue weighted by atomic mass is 79.9. The van der Waals surface area contributed by atoms with Gasteiger partial charge in [-0.05, 0) is 27.9 Å². The molecule has 1 atom stereocenters. The zero-order chi connectivity index (χ0) is 13.0. The van der Waals surface area contributed by atoms with Gasteiger partial charge in [-0.15, -0.1) is 0 Å². The van der Waals surface area contributed by atoms with E-state index in [1.165, 1.54) is 6.07 Å². The second kappa shape index (κ2) is 6.21. The Morgan fingerprint density at radius 3 is 2.65 bits per heavy atom. The Morgan fingerprint density at radius 2 is 2.12 bits per heavy atom. The Kier molecular flexibility index (Phi) is 5.21. The summed E-state index contributed by atoms with van der Waals surface area (Å²) in [6, 6.07) is 3.09. The van der Waals surface area contributed by atoms with Gasteiger partial charge in [0, 0.05) is 13.2 Å². The molecule has 0 aromatic heterocycles. The highest BCUT2D eigenvalue weighted by Gasteiger charge is 2.15. The Balaban J connectivity index is 2.89. The van der Waals surface area contributed by atoms with Gasteiger partial charge in [0.05, 0.1) is 28.5 Å². The summed E-state index contributed by atoms with van der Waals surface area (Å²) >= 11 is 3.14. The van der Waals surface area contributed by atoms with Crippen LogP contribution in [0.2, 0.25) is 0 Å². The summed E-state index contributed by atoms with van der Waals surface area (Å²) in [7, 11) is 1.65. The number of halogens is 2. The molecule has 0 radical (unpaired) electrons. The van der Waals surface area contributed by atoms with E-state index in [1.807, 2.05) is 0 Å². The molecule has 3 nitrogen and oxygen atoms in total. The van der Waals surface area contributed by atoms with E-state index < -0.39 is 0 Å². The van der Waals surface area contributed by atoms with Crippen LogP contribution in [0.3, 0.4) is 0 Å². The summed E-state index contributed by atoms with van der Waals surface area (Å²) in [5, 5.41) is 3.27. The molecule has 0 amide bonds. The van der Waals surface area contributed by atoms with Gasteiger partial charge < -0.3 is 15.8 Å². The highest BCUT2D eigenvalue weighted by molar-refractivity contribution is 9.10. The van der Waals surface area contributed by atoms with E-state index >= 15 is 0 Å². The van der Waals surface area contributed by atoms with Crippen LogP contribution < -0.4 is 11.1 Å². The Morgan fingerprint density at radius 1 is 1.47 bits per heavy atom. The second-order valence-electron chi connectivity index (χ2n) is 4.30. The molecule has 0 bridgehead atoms. The van der Waals surface area contributed by atoms with E-state index in [-0.39, 0.29) is 11.9 Å². The number of ether oxygens (including phenoxy) is 1. The normalized spacial score (nSPS) is 12.8.